The van der Waals surface area contributed by atoms with Gasteiger partial charge in [-0.25, -0.2) is 0 Å². The van der Waals surface area contributed by atoms with E-state index < -0.39 is 0 Å². The summed E-state index contributed by atoms with van der Waals surface area (Å²) in [5.74, 6) is -0.0861. The van der Waals surface area contributed by atoms with Gasteiger partial charge in [0.05, 0.1) is 5.60 Å². The van der Waals surface area contributed by atoms with Gasteiger partial charge in [0, 0.05) is 24.8 Å². The number of ether oxygens (including phenoxy) is 1. The normalized spacial score (nSPS) is 21.8. The minimum absolute atomic E-state index is 0.00319. The Morgan fingerprint density at radius 3 is 2.75 bits per heavy atom. The molecule has 1 aliphatic heterocycles. The first-order valence-electron chi connectivity index (χ1n) is 7.47. The monoisotopic (exact) mass is 279 g/mol. The molecule has 0 saturated carbocycles. The zero-order chi connectivity index (χ0) is 14.6. The molecule has 0 bridgehead atoms. The fourth-order valence-electron chi connectivity index (χ4n) is 2.92. The molecule has 4 nitrogen and oxygen atoms in total. The lowest BCUT2D eigenvalue weighted by Gasteiger charge is -2.40. The molecular formula is C16H25NO3. The maximum absolute atomic E-state index is 9.81. The van der Waals surface area contributed by atoms with Crippen molar-refractivity contribution >= 4 is 0 Å². The van der Waals surface area contributed by atoms with Crippen LogP contribution in [0.2, 0.25) is 0 Å². The Balaban J connectivity index is 1.95. The van der Waals surface area contributed by atoms with Crippen molar-refractivity contribution in [3.8, 4) is 11.5 Å². The molecule has 0 aliphatic carbocycles. The fraction of sp³-hybridized carbons (Fsp3) is 0.625. The smallest absolute Gasteiger partial charge is 0.161 e. The third-order valence-corrected chi connectivity index (χ3v) is 4.46. The van der Waals surface area contributed by atoms with Crippen LogP contribution in [0.25, 0.3) is 0 Å². The van der Waals surface area contributed by atoms with Gasteiger partial charge in [0.2, 0.25) is 0 Å². The van der Waals surface area contributed by atoms with Gasteiger partial charge < -0.3 is 20.3 Å². The van der Waals surface area contributed by atoms with Crippen LogP contribution in [-0.2, 0) is 11.3 Å². The second-order valence-electron chi connectivity index (χ2n) is 5.59. The molecule has 1 heterocycles. The highest BCUT2D eigenvalue weighted by molar-refractivity contribution is 5.44. The zero-order valence-corrected chi connectivity index (χ0v) is 12.4. The van der Waals surface area contributed by atoms with Crippen LogP contribution < -0.4 is 5.32 Å². The molecular weight excluding hydrogens is 254 g/mol. The molecule has 112 valence electrons. The van der Waals surface area contributed by atoms with Gasteiger partial charge in [0.25, 0.3) is 0 Å². The standard InChI is InChI=1S/C16H25NO3/c1-3-16(4-2)10-13(8-9-20-16)17-11-12-6-5-7-14(18)15(12)19/h5-7,13,17-19H,3-4,8-11H2,1-2H3. The number of aromatic hydroxyl groups is 2. The van der Waals surface area contributed by atoms with E-state index in [1.165, 1.54) is 6.07 Å². The number of phenols is 2. The van der Waals surface area contributed by atoms with E-state index in [1.807, 2.05) is 6.07 Å². The predicted octanol–water partition coefficient (Wildman–Crippen LogP) is 2.93. The maximum atomic E-state index is 9.81. The van der Waals surface area contributed by atoms with Crippen molar-refractivity contribution < 1.29 is 14.9 Å². The van der Waals surface area contributed by atoms with E-state index in [1.54, 1.807) is 6.07 Å². The van der Waals surface area contributed by atoms with Crippen LogP contribution in [0, 0.1) is 0 Å². The molecule has 1 aromatic rings. The van der Waals surface area contributed by atoms with Crippen molar-refractivity contribution in [3.05, 3.63) is 23.8 Å². The maximum Gasteiger partial charge on any atom is 0.161 e. The number of nitrogens with one attached hydrogen (secondary N) is 1. The van der Waals surface area contributed by atoms with Crippen molar-refractivity contribution in [1.82, 2.24) is 5.32 Å². The van der Waals surface area contributed by atoms with Crippen molar-refractivity contribution in [3.63, 3.8) is 0 Å². The first-order valence-corrected chi connectivity index (χ1v) is 7.47. The van der Waals surface area contributed by atoms with Crippen LogP contribution in [0.1, 0.15) is 45.1 Å². The zero-order valence-electron chi connectivity index (χ0n) is 12.4. The highest BCUT2D eigenvalue weighted by Gasteiger charge is 2.34. The summed E-state index contributed by atoms with van der Waals surface area (Å²) < 4.78 is 5.96. The molecule has 1 atom stereocenters. The minimum atomic E-state index is -0.0623. The lowest BCUT2D eigenvalue weighted by molar-refractivity contribution is -0.0932. The van der Waals surface area contributed by atoms with Crippen molar-refractivity contribution in [1.29, 1.82) is 0 Å². The summed E-state index contributed by atoms with van der Waals surface area (Å²) in [6.45, 7) is 5.69. The number of hydrogen-bond donors (Lipinski definition) is 3. The molecule has 1 aromatic carbocycles. The second kappa shape index (κ2) is 6.46. The third kappa shape index (κ3) is 3.25. The number of para-hydroxylation sites is 1. The Hall–Kier alpha value is -1.26. The average Bonchev–Trinajstić information content (AvgIpc) is 2.49. The molecule has 1 unspecified atom stereocenters. The SMILES string of the molecule is CCC1(CC)CC(NCc2cccc(O)c2O)CCO1. The van der Waals surface area contributed by atoms with Crippen LogP contribution >= 0.6 is 0 Å². The summed E-state index contributed by atoms with van der Waals surface area (Å²) in [5, 5.41) is 22.8. The van der Waals surface area contributed by atoms with Gasteiger partial charge in [-0.1, -0.05) is 26.0 Å². The Labute approximate surface area is 120 Å². The Kier molecular flexibility index (Phi) is 4.89. The van der Waals surface area contributed by atoms with Crippen molar-refractivity contribution in [2.24, 2.45) is 0 Å². The molecule has 0 amide bonds. The summed E-state index contributed by atoms with van der Waals surface area (Å²) in [5.41, 5.74) is 0.728. The second-order valence-corrected chi connectivity index (χ2v) is 5.59. The minimum Gasteiger partial charge on any atom is -0.504 e. The molecule has 0 radical (unpaired) electrons. The van der Waals surface area contributed by atoms with Crippen molar-refractivity contribution in [2.75, 3.05) is 6.61 Å². The van der Waals surface area contributed by atoms with E-state index in [4.69, 9.17) is 4.74 Å². The molecule has 0 spiro atoms. The quantitative estimate of drug-likeness (QED) is 0.725. The van der Waals surface area contributed by atoms with Crippen molar-refractivity contribution in [2.45, 2.75) is 57.7 Å². The van der Waals surface area contributed by atoms with Gasteiger partial charge in [0.15, 0.2) is 11.5 Å². The van der Waals surface area contributed by atoms with Gasteiger partial charge >= 0.3 is 0 Å². The van der Waals surface area contributed by atoms with Gasteiger partial charge in [-0.05, 0) is 31.7 Å². The average molecular weight is 279 g/mol. The van der Waals surface area contributed by atoms with Crippen LogP contribution in [0.5, 0.6) is 11.5 Å². The molecule has 4 heteroatoms. The first kappa shape index (κ1) is 15.1. The number of phenolic OH excluding ortho intramolecular Hbond substituents is 2. The Bertz CT molecular complexity index is 443. The van der Waals surface area contributed by atoms with Gasteiger partial charge in [-0.2, -0.15) is 0 Å². The molecule has 1 saturated heterocycles. The molecule has 20 heavy (non-hydrogen) atoms. The van der Waals surface area contributed by atoms with Gasteiger partial charge in [0.1, 0.15) is 0 Å². The van der Waals surface area contributed by atoms with Crippen LogP contribution in [0.4, 0.5) is 0 Å². The number of hydrogen-bond acceptors (Lipinski definition) is 4. The topological polar surface area (TPSA) is 61.7 Å². The first-order chi connectivity index (χ1) is 9.60. The summed E-state index contributed by atoms with van der Waals surface area (Å²) >= 11 is 0. The predicted molar refractivity (Wildman–Crippen MR) is 78.9 cm³/mol. The van der Waals surface area contributed by atoms with Crippen LogP contribution in [0.3, 0.4) is 0 Å². The summed E-state index contributed by atoms with van der Waals surface area (Å²) in [6.07, 6.45) is 4.04. The van der Waals surface area contributed by atoms with E-state index in [9.17, 15) is 10.2 Å². The number of benzene rings is 1. The molecule has 1 aliphatic rings. The van der Waals surface area contributed by atoms with Gasteiger partial charge in [-0.15, -0.1) is 0 Å². The lowest BCUT2D eigenvalue weighted by Crippen LogP contribution is -2.46. The number of rotatable bonds is 5. The molecule has 3 N–H and O–H groups in total. The van der Waals surface area contributed by atoms with Crippen LogP contribution in [-0.4, -0.2) is 28.5 Å². The molecule has 0 aromatic heterocycles. The summed E-state index contributed by atoms with van der Waals surface area (Å²) in [4.78, 5) is 0. The summed E-state index contributed by atoms with van der Waals surface area (Å²) in [6, 6.07) is 5.46. The Morgan fingerprint density at radius 1 is 1.30 bits per heavy atom. The largest absolute Gasteiger partial charge is 0.504 e. The Morgan fingerprint density at radius 2 is 2.05 bits per heavy atom. The van der Waals surface area contributed by atoms with E-state index in [2.05, 4.69) is 19.2 Å². The van der Waals surface area contributed by atoms with E-state index in [-0.39, 0.29) is 17.1 Å². The van der Waals surface area contributed by atoms with E-state index in [0.717, 1.165) is 37.9 Å². The lowest BCUT2D eigenvalue weighted by atomic mass is 9.86. The van der Waals surface area contributed by atoms with Crippen LogP contribution in [0.15, 0.2) is 18.2 Å². The highest BCUT2D eigenvalue weighted by atomic mass is 16.5. The van der Waals surface area contributed by atoms with E-state index in [0.29, 0.717) is 12.6 Å². The summed E-state index contributed by atoms with van der Waals surface area (Å²) in [7, 11) is 0. The fourth-order valence-corrected chi connectivity index (χ4v) is 2.92. The highest BCUT2D eigenvalue weighted by Crippen LogP contribution is 2.32. The molecule has 2 rings (SSSR count). The molecule has 1 fully saturated rings. The third-order valence-electron chi connectivity index (χ3n) is 4.46. The van der Waals surface area contributed by atoms with Gasteiger partial charge in [-0.3, -0.25) is 0 Å². The van der Waals surface area contributed by atoms with E-state index >= 15 is 0 Å².